The SMILES string of the molecule is C=CCNC(=O)c1oc2c(c1C)/C(=N/NC(=O)c1ccc3ccccc3n1)CCC2. The lowest BCUT2D eigenvalue weighted by Gasteiger charge is -2.13. The minimum absolute atomic E-state index is 0.277. The monoisotopic (exact) mass is 402 g/mol. The Morgan fingerprint density at radius 1 is 1.20 bits per heavy atom. The Kier molecular flexibility index (Phi) is 5.43. The van der Waals surface area contributed by atoms with Crippen molar-refractivity contribution in [3.8, 4) is 0 Å². The van der Waals surface area contributed by atoms with E-state index < -0.39 is 0 Å². The molecule has 1 aliphatic rings. The first kappa shape index (κ1) is 19.6. The van der Waals surface area contributed by atoms with Crippen molar-refractivity contribution in [1.82, 2.24) is 15.7 Å². The molecule has 4 rings (SSSR count). The number of hydrazone groups is 1. The van der Waals surface area contributed by atoms with E-state index >= 15 is 0 Å². The highest BCUT2D eigenvalue weighted by Crippen LogP contribution is 2.29. The van der Waals surface area contributed by atoms with Gasteiger partial charge in [-0.1, -0.05) is 30.3 Å². The van der Waals surface area contributed by atoms with Crippen LogP contribution in [0.25, 0.3) is 10.9 Å². The molecule has 1 aliphatic carbocycles. The molecule has 0 radical (unpaired) electrons. The number of benzene rings is 1. The first-order valence-electron chi connectivity index (χ1n) is 9.83. The number of aromatic nitrogens is 1. The van der Waals surface area contributed by atoms with Crippen molar-refractivity contribution in [2.45, 2.75) is 26.2 Å². The summed E-state index contributed by atoms with van der Waals surface area (Å²) in [6.07, 6.45) is 3.85. The van der Waals surface area contributed by atoms with Crippen LogP contribution < -0.4 is 10.7 Å². The summed E-state index contributed by atoms with van der Waals surface area (Å²) in [5.74, 6) is 0.328. The molecule has 0 aliphatic heterocycles. The summed E-state index contributed by atoms with van der Waals surface area (Å²) in [7, 11) is 0. The standard InChI is InChI=1S/C23H22N4O3/c1-3-13-24-23(29)21-14(2)20-17(9-6-10-19(20)30-21)26-27-22(28)18-12-11-15-7-4-5-8-16(15)25-18/h3-5,7-8,11-12H,1,6,9-10,13H2,2H3,(H,24,29)(H,27,28)/b26-17+. The van der Waals surface area contributed by atoms with Crippen LogP contribution in [0.4, 0.5) is 0 Å². The third-order valence-electron chi connectivity index (χ3n) is 5.06. The summed E-state index contributed by atoms with van der Waals surface area (Å²) in [5.41, 5.74) is 5.88. The maximum Gasteiger partial charge on any atom is 0.289 e. The van der Waals surface area contributed by atoms with Gasteiger partial charge in [-0.25, -0.2) is 10.4 Å². The molecule has 7 heteroatoms. The fourth-order valence-corrected chi connectivity index (χ4v) is 3.61. The van der Waals surface area contributed by atoms with Crippen LogP contribution in [0, 0.1) is 6.92 Å². The molecule has 7 nitrogen and oxygen atoms in total. The van der Waals surface area contributed by atoms with Gasteiger partial charge in [-0.2, -0.15) is 5.10 Å². The predicted molar refractivity (Wildman–Crippen MR) is 115 cm³/mol. The highest BCUT2D eigenvalue weighted by Gasteiger charge is 2.28. The number of furan rings is 1. The Bertz CT molecular complexity index is 1180. The highest BCUT2D eigenvalue weighted by atomic mass is 16.4. The Balaban J connectivity index is 1.57. The number of para-hydroxylation sites is 1. The van der Waals surface area contributed by atoms with Crippen molar-refractivity contribution in [3.63, 3.8) is 0 Å². The van der Waals surface area contributed by atoms with E-state index in [1.165, 1.54) is 0 Å². The Morgan fingerprint density at radius 3 is 2.87 bits per heavy atom. The van der Waals surface area contributed by atoms with E-state index in [1.807, 2.05) is 37.3 Å². The van der Waals surface area contributed by atoms with Gasteiger partial charge in [0.1, 0.15) is 11.5 Å². The Labute approximate surface area is 173 Å². The van der Waals surface area contributed by atoms with Gasteiger partial charge in [-0.15, -0.1) is 6.58 Å². The smallest absolute Gasteiger partial charge is 0.289 e. The van der Waals surface area contributed by atoms with Crippen molar-refractivity contribution >= 4 is 28.4 Å². The van der Waals surface area contributed by atoms with E-state index in [0.717, 1.165) is 40.6 Å². The van der Waals surface area contributed by atoms with Gasteiger partial charge in [0, 0.05) is 29.5 Å². The van der Waals surface area contributed by atoms with E-state index in [0.29, 0.717) is 24.4 Å². The van der Waals surface area contributed by atoms with Gasteiger partial charge >= 0.3 is 0 Å². The number of carbonyl (C=O) groups excluding carboxylic acids is 2. The molecule has 0 saturated heterocycles. The lowest BCUT2D eigenvalue weighted by molar-refractivity contribution is 0.0925. The molecule has 3 aromatic rings. The first-order valence-corrected chi connectivity index (χ1v) is 9.83. The van der Waals surface area contributed by atoms with Crippen molar-refractivity contribution in [3.05, 3.63) is 77.4 Å². The maximum absolute atomic E-state index is 12.6. The van der Waals surface area contributed by atoms with Crippen LogP contribution in [0.3, 0.4) is 0 Å². The van der Waals surface area contributed by atoms with Gasteiger partial charge in [0.2, 0.25) is 0 Å². The molecule has 2 heterocycles. The fourth-order valence-electron chi connectivity index (χ4n) is 3.61. The fraction of sp³-hybridized carbons (Fsp3) is 0.217. The number of hydrogen-bond donors (Lipinski definition) is 2. The minimum atomic E-state index is -0.384. The van der Waals surface area contributed by atoms with Gasteiger partial charge in [0.05, 0.1) is 11.2 Å². The number of amides is 2. The number of aryl methyl sites for hydroxylation is 1. The third kappa shape index (κ3) is 3.74. The molecule has 1 aromatic carbocycles. The molecule has 0 fully saturated rings. The van der Waals surface area contributed by atoms with Gasteiger partial charge < -0.3 is 9.73 Å². The summed E-state index contributed by atoms with van der Waals surface area (Å²) in [4.78, 5) is 29.3. The van der Waals surface area contributed by atoms with Crippen LogP contribution in [-0.2, 0) is 6.42 Å². The second-order valence-electron chi connectivity index (χ2n) is 7.10. The predicted octanol–water partition coefficient (Wildman–Crippen LogP) is 3.52. The molecule has 2 amide bonds. The molecule has 2 N–H and O–H groups in total. The summed E-state index contributed by atoms with van der Waals surface area (Å²) < 4.78 is 5.81. The van der Waals surface area contributed by atoms with E-state index in [1.54, 1.807) is 12.1 Å². The van der Waals surface area contributed by atoms with Crippen molar-refractivity contribution in [2.24, 2.45) is 5.10 Å². The lowest BCUT2D eigenvalue weighted by atomic mass is 9.93. The summed E-state index contributed by atoms with van der Waals surface area (Å²) >= 11 is 0. The molecule has 0 unspecified atom stereocenters. The van der Waals surface area contributed by atoms with Crippen LogP contribution in [0.2, 0.25) is 0 Å². The lowest BCUT2D eigenvalue weighted by Crippen LogP contribution is -2.24. The minimum Gasteiger partial charge on any atom is -0.455 e. The topological polar surface area (TPSA) is 96.6 Å². The van der Waals surface area contributed by atoms with Crippen LogP contribution in [0.15, 0.2) is 58.6 Å². The molecular weight excluding hydrogens is 380 g/mol. The van der Waals surface area contributed by atoms with E-state index in [4.69, 9.17) is 4.42 Å². The first-order chi connectivity index (χ1) is 14.6. The van der Waals surface area contributed by atoms with Gasteiger partial charge in [-0.3, -0.25) is 9.59 Å². The molecule has 0 spiro atoms. The zero-order valence-electron chi connectivity index (χ0n) is 16.7. The summed E-state index contributed by atoms with van der Waals surface area (Å²) in [6.45, 7) is 5.79. The quantitative estimate of drug-likeness (QED) is 0.504. The number of nitrogens with one attached hydrogen (secondary N) is 2. The van der Waals surface area contributed by atoms with Crippen molar-refractivity contribution < 1.29 is 14.0 Å². The maximum atomic E-state index is 12.6. The largest absolute Gasteiger partial charge is 0.455 e. The number of pyridine rings is 1. The molecule has 2 aromatic heterocycles. The van der Waals surface area contributed by atoms with Gasteiger partial charge in [-0.05, 0) is 31.9 Å². The van der Waals surface area contributed by atoms with Gasteiger partial charge in [0.15, 0.2) is 5.76 Å². The molecule has 0 atom stereocenters. The molecule has 0 saturated carbocycles. The number of rotatable bonds is 5. The van der Waals surface area contributed by atoms with Crippen LogP contribution in [-0.4, -0.2) is 29.1 Å². The molecular formula is C23H22N4O3. The molecule has 30 heavy (non-hydrogen) atoms. The van der Waals surface area contributed by atoms with Crippen molar-refractivity contribution in [1.29, 1.82) is 0 Å². The Hall–Kier alpha value is -3.74. The van der Waals surface area contributed by atoms with Crippen LogP contribution in [0.5, 0.6) is 0 Å². The Morgan fingerprint density at radius 2 is 2.03 bits per heavy atom. The van der Waals surface area contributed by atoms with E-state index in [-0.39, 0.29) is 17.6 Å². The summed E-state index contributed by atoms with van der Waals surface area (Å²) in [5, 5.41) is 8.04. The van der Waals surface area contributed by atoms with Gasteiger partial charge in [0.25, 0.3) is 11.8 Å². The van der Waals surface area contributed by atoms with E-state index in [2.05, 4.69) is 27.4 Å². The normalized spacial score (nSPS) is 14.4. The van der Waals surface area contributed by atoms with Crippen LogP contribution >= 0.6 is 0 Å². The average Bonchev–Trinajstić information content (AvgIpc) is 3.12. The van der Waals surface area contributed by atoms with Crippen molar-refractivity contribution in [2.75, 3.05) is 6.54 Å². The number of nitrogens with zero attached hydrogens (tertiary/aromatic N) is 2. The molecule has 0 bridgehead atoms. The second kappa shape index (κ2) is 8.32. The summed E-state index contributed by atoms with van der Waals surface area (Å²) in [6, 6.07) is 11.1. The highest BCUT2D eigenvalue weighted by molar-refractivity contribution is 6.07. The molecule has 152 valence electrons. The van der Waals surface area contributed by atoms with Crippen LogP contribution in [0.1, 0.15) is 50.8 Å². The van der Waals surface area contributed by atoms with E-state index in [9.17, 15) is 9.59 Å². The number of hydrogen-bond acceptors (Lipinski definition) is 5. The number of fused-ring (bicyclic) bond motifs is 2. The average molecular weight is 402 g/mol. The zero-order valence-corrected chi connectivity index (χ0v) is 16.7. The second-order valence-corrected chi connectivity index (χ2v) is 7.10. The third-order valence-corrected chi connectivity index (χ3v) is 5.06. The zero-order chi connectivity index (χ0) is 21.1. The number of carbonyl (C=O) groups is 2.